The highest BCUT2D eigenvalue weighted by Gasteiger charge is 2.11. The number of para-hydroxylation sites is 1. The first-order valence-electron chi connectivity index (χ1n) is 8.48. The quantitative estimate of drug-likeness (QED) is 0.461. The van der Waals surface area contributed by atoms with Gasteiger partial charge in [0.15, 0.2) is 0 Å². The minimum Gasteiger partial charge on any atom is -0.423 e. The number of rotatable bonds is 6. The number of benzene rings is 3. The van der Waals surface area contributed by atoms with Crippen molar-refractivity contribution >= 4 is 28.9 Å². The van der Waals surface area contributed by atoms with Crippen LogP contribution in [0.3, 0.4) is 0 Å². The van der Waals surface area contributed by atoms with Gasteiger partial charge in [-0.1, -0.05) is 58.6 Å². The molecule has 0 aliphatic carbocycles. The van der Waals surface area contributed by atoms with Crippen molar-refractivity contribution in [1.82, 2.24) is 20.2 Å². The van der Waals surface area contributed by atoms with Crippen LogP contribution in [0.5, 0.6) is 11.8 Å². The summed E-state index contributed by atoms with van der Waals surface area (Å²) in [6, 6.07) is 22.9. The number of anilines is 1. The second-order valence-electron chi connectivity index (χ2n) is 5.94. The molecule has 140 valence electrons. The summed E-state index contributed by atoms with van der Waals surface area (Å²) in [5.41, 5.74) is 2.64. The first-order valence-corrected chi connectivity index (χ1v) is 9.24. The number of ether oxygens (including phenoxy) is 1. The third-order valence-electron chi connectivity index (χ3n) is 3.96. The Balaban J connectivity index is 1.48. The smallest absolute Gasteiger partial charge is 0.345 e. The Morgan fingerprint density at radius 2 is 1.79 bits per heavy atom. The van der Waals surface area contributed by atoms with E-state index in [9.17, 15) is 0 Å². The lowest BCUT2D eigenvalue weighted by Gasteiger charge is -2.10. The van der Waals surface area contributed by atoms with Crippen molar-refractivity contribution in [1.29, 1.82) is 0 Å². The van der Waals surface area contributed by atoms with Crippen molar-refractivity contribution in [2.45, 2.75) is 6.54 Å². The van der Waals surface area contributed by atoms with Crippen LogP contribution in [0, 0.1) is 0 Å². The van der Waals surface area contributed by atoms with Crippen LogP contribution in [0.15, 0.2) is 72.8 Å². The molecule has 0 aliphatic rings. The van der Waals surface area contributed by atoms with Crippen LogP contribution in [0.4, 0.5) is 5.69 Å². The molecule has 1 heterocycles. The van der Waals surface area contributed by atoms with Crippen LogP contribution in [-0.2, 0) is 6.54 Å². The van der Waals surface area contributed by atoms with Crippen molar-refractivity contribution in [3.05, 3.63) is 88.4 Å². The third-order valence-corrected chi connectivity index (χ3v) is 4.51. The van der Waals surface area contributed by atoms with E-state index in [0.29, 0.717) is 22.3 Å². The van der Waals surface area contributed by atoms with Gasteiger partial charge in [0.1, 0.15) is 5.75 Å². The number of hydrogen-bond donors (Lipinski definition) is 1. The molecule has 0 unspecified atom stereocenters. The van der Waals surface area contributed by atoms with Crippen LogP contribution >= 0.6 is 23.2 Å². The number of tetrazole rings is 1. The molecule has 8 heteroatoms. The summed E-state index contributed by atoms with van der Waals surface area (Å²) < 4.78 is 7.43. The molecule has 0 amide bonds. The third kappa shape index (κ3) is 4.24. The Morgan fingerprint density at radius 3 is 2.61 bits per heavy atom. The van der Waals surface area contributed by atoms with Crippen molar-refractivity contribution < 1.29 is 4.74 Å². The van der Waals surface area contributed by atoms with Gasteiger partial charge in [0.25, 0.3) is 0 Å². The molecule has 0 spiro atoms. The average Bonchev–Trinajstić information content (AvgIpc) is 3.16. The molecule has 4 rings (SSSR count). The molecular formula is C20H15Cl2N5O. The molecule has 0 saturated heterocycles. The molecule has 0 fully saturated rings. The van der Waals surface area contributed by atoms with Gasteiger partial charge >= 0.3 is 6.01 Å². The molecule has 1 aromatic heterocycles. The monoisotopic (exact) mass is 411 g/mol. The fourth-order valence-corrected chi connectivity index (χ4v) is 3.10. The first-order chi connectivity index (χ1) is 13.7. The summed E-state index contributed by atoms with van der Waals surface area (Å²) in [5.74, 6) is 0.633. The number of aromatic nitrogens is 4. The van der Waals surface area contributed by atoms with Gasteiger partial charge in [-0.2, -0.15) is 4.68 Å². The summed E-state index contributed by atoms with van der Waals surface area (Å²) >= 11 is 12.1. The lowest BCUT2D eigenvalue weighted by molar-refractivity contribution is 0.427. The van der Waals surface area contributed by atoms with Gasteiger partial charge in [-0.3, -0.25) is 0 Å². The normalized spacial score (nSPS) is 10.6. The Hall–Kier alpha value is -3.09. The van der Waals surface area contributed by atoms with E-state index < -0.39 is 0 Å². The van der Waals surface area contributed by atoms with Crippen molar-refractivity contribution in [3.8, 4) is 17.4 Å². The molecule has 0 radical (unpaired) electrons. The maximum Gasteiger partial charge on any atom is 0.345 e. The number of nitrogens with one attached hydrogen (secondary N) is 1. The lowest BCUT2D eigenvalue weighted by Crippen LogP contribution is -2.02. The number of nitrogens with zero attached hydrogens (tertiary/aromatic N) is 4. The second kappa shape index (κ2) is 8.29. The highest BCUT2D eigenvalue weighted by molar-refractivity contribution is 6.36. The summed E-state index contributed by atoms with van der Waals surface area (Å²) in [4.78, 5) is 0. The molecule has 28 heavy (non-hydrogen) atoms. The van der Waals surface area contributed by atoms with Gasteiger partial charge in [0, 0.05) is 11.6 Å². The first kappa shape index (κ1) is 18.3. The molecule has 3 aromatic carbocycles. The van der Waals surface area contributed by atoms with E-state index in [0.717, 1.165) is 16.9 Å². The predicted octanol–water partition coefficient (Wildman–Crippen LogP) is 5.37. The van der Waals surface area contributed by atoms with E-state index in [4.69, 9.17) is 27.9 Å². The molecule has 0 saturated carbocycles. The van der Waals surface area contributed by atoms with Gasteiger partial charge in [0.2, 0.25) is 0 Å². The Labute approximate surface area is 171 Å². The minimum absolute atomic E-state index is 0.289. The molecule has 0 atom stereocenters. The highest BCUT2D eigenvalue weighted by atomic mass is 35.5. The van der Waals surface area contributed by atoms with Gasteiger partial charge in [-0.25, -0.2) is 0 Å². The fraction of sp³-hybridized carbons (Fsp3) is 0.0500. The van der Waals surface area contributed by atoms with Gasteiger partial charge < -0.3 is 10.1 Å². The maximum atomic E-state index is 6.20. The van der Waals surface area contributed by atoms with Gasteiger partial charge in [-0.15, -0.1) is 0 Å². The zero-order chi connectivity index (χ0) is 19.3. The zero-order valence-electron chi connectivity index (χ0n) is 14.6. The van der Waals surface area contributed by atoms with Crippen molar-refractivity contribution in [3.63, 3.8) is 0 Å². The highest BCUT2D eigenvalue weighted by Crippen LogP contribution is 2.27. The summed E-state index contributed by atoms with van der Waals surface area (Å²) in [6.07, 6.45) is 0. The standard InChI is InChI=1S/C20H15Cl2N5O/c21-15-9-10-19(18(22)12-15)23-13-14-5-4-8-17(11-14)28-20-24-25-26-27(20)16-6-2-1-3-7-16/h1-12,23H,13H2. The van der Waals surface area contributed by atoms with E-state index in [1.807, 2.05) is 60.7 Å². The molecular weight excluding hydrogens is 397 g/mol. The Kier molecular flexibility index (Phi) is 5.41. The second-order valence-corrected chi connectivity index (χ2v) is 6.78. The van der Waals surface area contributed by atoms with Crippen LogP contribution in [-0.4, -0.2) is 20.2 Å². The average molecular weight is 412 g/mol. The van der Waals surface area contributed by atoms with Crippen LogP contribution in [0.25, 0.3) is 5.69 Å². The zero-order valence-corrected chi connectivity index (χ0v) is 16.1. The van der Waals surface area contributed by atoms with Crippen LogP contribution in [0.1, 0.15) is 5.56 Å². The fourth-order valence-electron chi connectivity index (χ4n) is 2.63. The number of halogens is 2. The van der Waals surface area contributed by atoms with E-state index in [1.165, 1.54) is 0 Å². The van der Waals surface area contributed by atoms with Crippen LogP contribution < -0.4 is 10.1 Å². The molecule has 1 N–H and O–H groups in total. The van der Waals surface area contributed by atoms with Crippen LogP contribution in [0.2, 0.25) is 10.0 Å². The largest absolute Gasteiger partial charge is 0.423 e. The topological polar surface area (TPSA) is 64.9 Å². The lowest BCUT2D eigenvalue weighted by atomic mass is 10.2. The summed E-state index contributed by atoms with van der Waals surface area (Å²) in [7, 11) is 0. The Bertz CT molecular complexity index is 1080. The van der Waals surface area contributed by atoms with E-state index in [1.54, 1.807) is 16.8 Å². The van der Waals surface area contributed by atoms with E-state index >= 15 is 0 Å². The van der Waals surface area contributed by atoms with Crippen molar-refractivity contribution in [2.75, 3.05) is 5.32 Å². The van der Waals surface area contributed by atoms with Gasteiger partial charge in [-0.05, 0) is 58.5 Å². The molecule has 4 aromatic rings. The molecule has 0 aliphatic heterocycles. The summed E-state index contributed by atoms with van der Waals surface area (Å²) in [5, 5.41) is 16.1. The molecule has 0 bridgehead atoms. The van der Waals surface area contributed by atoms with E-state index in [2.05, 4.69) is 20.8 Å². The summed E-state index contributed by atoms with van der Waals surface area (Å²) in [6.45, 7) is 0.572. The molecule has 6 nitrogen and oxygen atoms in total. The minimum atomic E-state index is 0.289. The number of hydrogen-bond acceptors (Lipinski definition) is 5. The van der Waals surface area contributed by atoms with Gasteiger partial charge in [0.05, 0.1) is 16.4 Å². The van der Waals surface area contributed by atoms with E-state index in [-0.39, 0.29) is 6.01 Å². The SMILES string of the molecule is Clc1ccc(NCc2cccc(Oc3nnnn3-c3ccccc3)c2)c(Cl)c1. The predicted molar refractivity (Wildman–Crippen MR) is 109 cm³/mol. The van der Waals surface area contributed by atoms with Crippen molar-refractivity contribution in [2.24, 2.45) is 0 Å². The Morgan fingerprint density at radius 1 is 0.929 bits per heavy atom. The maximum absolute atomic E-state index is 6.20.